The van der Waals surface area contributed by atoms with Crippen LogP contribution >= 0.6 is 0 Å². The first-order valence-electron chi connectivity index (χ1n) is 6.24. The highest BCUT2D eigenvalue weighted by atomic mass is 16.3. The lowest BCUT2D eigenvalue weighted by Gasteiger charge is -2.30. The summed E-state index contributed by atoms with van der Waals surface area (Å²) in [6.45, 7) is 6.37. The second kappa shape index (κ2) is 7.02. The highest BCUT2D eigenvalue weighted by Crippen LogP contribution is 2.24. The van der Waals surface area contributed by atoms with Crippen molar-refractivity contribution in [2.45, 2.75) is 57.5 Å². The molecule has 1 aliphatic rings. The second-order valence-corrected chi connectivity index (χ2v) is 4.83. The Kier molecular flexibility index (Phi) is 5.96. The monoisotopic (exact) mass is 211 g/mol. The molecule has 2 N–H and O–H groups in total. The van der Waals surface area contributed by atoms with Crippen molar-refractivity contribution >= 4 is 0 Å². The van der Waals surface area contributed by atoms with Crippen molar-refractivity contribution in [1.29, 1.82) is 0 Å². The smallest absolute Gasteiger partial charge is 0.0459 e. The minimum atomic E-state index is 0.374. The molecular weight excluding hydrogens is 186 g/mol. The van der Waals surface area contributed by atoms with Crippen LogP contribution < -0.4 is 5.32 Å². The van der Waals surface area contributed by atoms with E-state index in [2.05, 4.69) is 18.8 Å². The lowest BCUT2D eigenvalue weighted by Crippen LogP contribution is -2.39. The van der Waals surface area contributed by atoms with Crippen molar-refractivity contribution < 1.29 is 5.11 Å². The summed E-state index contributed by atoms with van der Waals surface area (Å²) in [4.78, 5) is 0. The number of aliphatic hydroxyl groups excluding tert-OH is 1. The summed E-state index contributed by atoms with van der Waals surface area (Å²) in [6.07, 6.45) is 9.09. The maximum absolute atomic E-state index is 9.04. The molecular formula is C13H25NO. The fourth-order valence-electron chi connectivity index (χ4n) is 2.37. The van der Waals surface area contributed by atoms with Gasteiger partial charge in [0.2, 0.25) is 0 Å². The van der Waals surface area contributed by atoms with Gasteiger partial charge in [0.1, 0.15) is 0 Å². The van der Waals surface area contributed by atoms with Crippen LogP contribution in [0.3, 0.4) is 0 Å². The van der Waals surface area contributed by atoms with E-state index in [-0.39, 0.29) is 0 Å². The molecule has 2 heteroatoms. The fourth-order valence-corrected chi connectivity index (χ4v) is 2.37. The minimum Gasteiger partial charge on any atom is -0.396 e. The van der Waals surface area contributed by atoms with Crippen LogP contribution in [0.5, 0.6) is 0 Å². The molecule has 0 bridgehead atoms. The molecule has 0 aromatic heterocycles. The second-order valence-electron chi connectivity index (χ2n) is 4.83. The van der Waals surface area contributed by atoms with Crippen molar-refractivity contribution in [1.82, 2.24) is 5.32 Å². The van der Waals surface area contributed by atoms with Gasteiger partial charge in [0.05, 0.1) is 0 Å². The van der Waals surface area contributed by atoms with Crippen LogP contribution in [0.1, 0.15) is 45.4 Å². The topological polar surface area (TPSA) is 32.3 Å². The van der Waals surface area contributed by atoms with E-state index in [1.165, 1.54) is 32.1 Å². The predicted octanol–water partition coefficient (Wildman–Crippen LogP) is 2.48. The molecule has 15 heavy (non-hydrogen) atoms. The number of hydrogen-bond donors (Lipinski definition) is 2. The average molecular weight is 211 g/mol. The van der Waals surface area contributed by atoms with E-state index in [1.54, 1.807) is 0 Å². The third-order valence-corrected chi connectivity index (χ3v) is 3.43. The molecule has 1 unspecified atom stereocenters. The molecule has 1 aliphatic carbocycles. The van der Waals surface area contributed by atoms with Gasteiger partial charge in [-0.05, 0) is 51.4 Å². The molecule has 88 valence electrons. The largest absolute Gasteiger partial charge is 0.396 e. The first-order valence-corrected chi connectivity index (χ1v) is 6.24. The van der Waals surface area contributed by atoms with Gasteiger partial charge in [0, 0.05) is 18.7 Å². The summed E-state index contributed by atoms with van der Waals surface area (Å²) in [7, 11) is 0. The van der Waals surface area contributed by atoms with Gasteiger partial charge in [-0.15, -0.1) is 6.58 Å². The number of nitrogens with one attached hydrogen (secondary N) is 1. The first-order chi connectivity index (χ1) is 7.26. The third kappa shape index (κ3) is 4.80. The highest BCUT2D eigenvalue weighted by molar-refractivity contribution is 4.80. The number of allylic oxidation sites excluding steroid dienone is 1. The van der Waals surface area contributed by atoms with Crippen LogP contribution in [0, 0.1) is 5.92 Å². The molecule has 0 amide bonds. The Morgan fingerprint density at radius 3 is 2.60 bits per heavy atom. The van der Waals surface area contributed by atoms with E-state index in [0.29, 0.717) is 24.6 Å². The van der Waals surface area contributed by atoms with Crippen molar-refractivity contribution in [3.63, 3.8) is 0 Å². The fraction of sp³-hybridized carbons (Fsp3) is 0.846. The lowest BCUT2D eigenvalue weighted by atomic mass is 9.86. The average Bonchev–Trinajstić information content (AvgIpc) is 2.27. The Morgan fingerprint density at radius 1 is 1.40 bits per heavy atom. The molecule has 1 fully saturated rings. The third-order valence-electron chi connectivity index (χ3n) is 3.43. The molecule has 0 saturated heterocycles. The molecule has 1 saturated carbocycles. The summed E-state index contributed by atoms with van der Waals surface area (Å²) in [5.41, 5.74) is 0. The molecule has 2 nitrogen and oxygen atoms in total. The zero-order valence-corrected chi connectivity index (χ0v) is 9.91. The van der Waals surface area contributed by atoms with Gasteiger partial charge in [-0.1, -0.05) is 6.08 Å². The van der Waals surface area contributed by atoms with Gasteiger partial charge in [-0.25, -0.2) is 0 Å². The Labute approximate surface area is 93.8 Å². The SMILES string of the molecule is C=CCCC(C)NC1CCC(CO)CC1. The van der Waals surface area contributed by atoms with Crippen LogP contribution in [-0.4, -0.2) is 23.8 Å². The van der Waals surface area contributed by atoms with Crippen molar-refractivity contribution in [2.75, 3.05) is 6.61 Å². The Balaban J connectivity index is 2.14. The molecule has 0 aromatic rings. The number of rotatable bonds is 6. The Hall–Kier alpha value is -0.340. The summed E-state index contributed by atoms with van der Waals surface area (Å²) >= 11 is 0. The maximum atomic E-state index is 9.04. The normalized spacial score (nSPS) is 28.7. The van der Waals surface area contributed by atoms with Crippen molar-refractivity contribution in [3.8, 4) is 0 Å². The van der Waals surface area contributed by atoms with Gasteiger partial charge in [-0.3, -0.25) is 0 Å². The maximum Gasteiger partial charge on any atom is 0.0459 e. The van der Waals surface area contributed by atoms with Crippen LogP contribution in [0.25, 0.3) is 0 Å². The van der Waals surface area contributed by atoms with Crippen LogP contribution in [0.2, 0.25) is 0 Å². The molecule has 0 heterocycles. The van der Waals surface area contributed by atoms with Gasteiger partial charge < -0.3 is 10.4 Å². The molecule has 1 atom stereocenters. The van der Waals surface area contributed by atoms with Crippen molar-refractivity contribution in [2.24, 2.45) is 5.92 Å². The first kappa shape index (κ1) is 12.7. The standard InChI is InChI=1S/C13H25NO/c1-3-4-5-11(2)14-13-8-6-12(10-15)7-9-13/h3,11-15H,1,4-10H2,2H3. The molecule has 0 aliphatic heterocycles. The summed E-state index contributed by atoms with van der Waals surface area (Å²) in [5.74, 6) is 0.562. The van der Waals surface area contributed by atoms with Gasteiger partial charge >= 0.3 is 0 Å². The zero-order chi connectivity index (χ0) is 11.1. The van der Waals surface area contributed by atoms with Gasteiger partial charge in [0.25, 0.3) is 0 Å². The lowest BCUT2D eigenvalue weighted by molar-refractivity contribution is 0.172. The summed E-state index contributed by atoms with van der Waals surface area (Å²) < 4.78 is 0. The van der Waals surface area contributed by atoms with E-state index >= 15 is 0 Å². The minimum absolute atomic E-state index is 0.374. The quantitative estimate of drug-likeness (QED) is 0.662. The molecule has 0 radical (unpaired) electrons. The van der Waals surface area contributed by atoms with Gasteiger partial charge in [-0.2, -0.15) is 0 Å². The van der Waals surface area contributed by atoms with Crippen LogP contribution in [0.15, 0.2) is 12.7 Å². The van der Waals surface area contributed by atoms with E-state index in [0.717, 1.165) is 6.42 Å². The summed E-state index contributed by atoms with van der Waals surface area (Å²) in [5, 5.41) is 12.7. The van der Waals surface area contributed by atoms with Gasteiger partial charge in [0.15, 0.2) is 0 Å². The molecule has 1 rings (SSSR count). The van der Waals surface area contributed by atoms with Crippen LogP contribution in [0.4, 0.5) is 0 Å². The van der Waals surface area contributed by atoms with Crippen LogP contribution in [-0.2, 0) is 0 Å². The Morgan fingerprint density at radius 2 is 2.07 bits per heavy atom. The van der Waals surface area contributed by atoms with E-state index in [4.69, 9.17) is 5.11 Å². The highest BCUT2D eigenvalue weighted by Gasteiger charge is 2.21. The van der Waals surface area contributed by atoms with E-state index in [9.17, 15) is 0 Å². The van der Waals surface area contributed by atoms with Crippen molar-refractivity contribution in [3.05, 3.63) is 12.7 Å². The number of aliphatic hydroxyl groups is 1. The predicted molar refractivity (Wildman–Crippen MR) is 64.9 cm³/mol. The van der Waals surface area contributed by atoms with E-state index in [1.807, 2.05) is 6.08 Å². The molecule has 0 spiro atoms. The number of hydrogen-bond acceptors (Lipinski definition) is 2. The molecule has 0 aromatic carbocycles. The van der Waals surface area contributed by atoms with E-state index < -0.39 is 0 Å². The Bertz CT molecular complexity index is 173. The zero-order valence-electron chi connectivity index (χ0n) is 9.91. The summed E-state index contributed by atoms with van der Waals surface area (Å²) in [6, 6.07) is 1.27.